The van der Waals surface area contributed by atoms with Crippen LogP contribution < -0.4 is 5.32 Å². The zero-order valence-corrected chi connectivity index (χ0v) is 15.3. The second kappa shape index (κ2) is 8.64. The number of hydrogen-bond acceptors (Lipinski definition) is 6. The quantitative estimate of drug-likeness (QED) is 0.740. The van der Waals surface area contributed by atoms with Crippen LogP contribution in [0.25, 0.3) is 0 Å². The van der Waals surface area contributed by atoms with Crippen molar-refractivity contribution in [3.8, 4) is 0 Å². The summed E-state index contributed by atoms with van der Waals surface area (Å²) in [6.45, 7) is 0.557. The van der Waals surface area contributed by atoms with E-state index in [1.807, 2.05) is 6.07 Å². The summed E-state index contributed by atoms with van der Waals surface area (Å²) in [5, 5.41) is 3.07. The molecule has 9 heteroatoms. The maximum atomic E-state index is 12.6. The molecule has 0 saturated carbocycles. The maximum Gasteiger partial charge on any atom is 0.355 e. The Balaban J connectivity index is 1.69. The monoisotopic (exact) mass is 387 g/mol. The second-order valence-electron chi connectivity index (χ2n) is 6.71. The molecule has 0 spiro atoms. The summed E-state index contributed by atoms with van der Waals surface area (Å²) in [6, 6.07) is 7.41. The molecule has 3 rings (SSSR count). The Morgan fingerprint density at radius 3 is 2.18 bits per heavy atom. The fourth-order valence-corrected chi connectivity index (χ4v) is 3.05. The van der Waals surface area contributed by atoms with Crippen molar-refractivity contribution in [2.24, 2.45) is 0 Å². The number of nitrogens with one attached hydrogen (secondary N) is 1. The van der Waals surface area contributed by atoms with E-state index in [-0.39, 0.29) is 51.0 Å². The molecule has 2 aliphatic heterocycles. The molecule has 0 aliphatic carbocycles. The zero-order valence-electron chi connectivity index (χ0n) is 15.3. The SMILES string of the molecule is O=C1CCN(C(=O)N[C@@H](Cc2ccccc2)C(=O)ON2C(=O)CCC2=O)CC1. The number of likely N-dealkylation sites (tertiary alicyclic amines) is 1. The molecule has 4 amide bonds. The van der Waals surface area contributed by atoms with E-state index >= 15 is 0 Å². The van der Waals surface area contributed by atoms with Crippen LogP contribution in [0.4, 0.5) is 4.79 Å². The van der Waals surface area contributed by atoms with Crippen molar-refractivity contribution < 1.29 is 28.8 Å². The molecule has 2 fully saturated rings. The van der Waals surface area contributed by atoms with E-state index in [2.05, 4.69) is 5.32 Å². The van der Waals surface area contributed by atoms with Gasteiger partial charge < -0.3 is 15.1 Å². The summed E-state index contributed by atoms with van der Waals surface area (Å²) in [5.41, 5.74) is 0.776. The molecule has 28 heavy (non-hydrogen) atoms. The number of urea groups is 1. The van der Waals surface area contributed by atoms with Gasteiger partial charge in [0.1, 0.15) is 11.8 Å². The fourth-order valence-electron chi connectivity index (χ4n) is 3.05. The first-order chi connectivity index (χ1) is 13.4. The molecule has 2 heterocycles. The Morgan fingerprint density at radius 2 is 1.57 bits per heavy atom. The van der Waals surface area contributed by atoms with Gasteiger partial charge in [0.2, 0.25) is 0 Å². The van der Waals surface area contributed by atoms with Crippen LogP contribution in [0.3, 0.4) is 0 Å². The third kappa shape index (κ3) is 4.73. The number of nitrogens with zero attached hydrogens (tertiary/aromatic N) is 2. The summed E-state index contributed by atoms with van der Waals surface area (Å²) < 4.78 is 0. The van der Waals surface area contributed by atoms with E-state index in [1.54, 1.807) is 24.3 Å². The average Bonchev–Trinajstić information content (AvgIpc) is 3.00. The minimum Gasteiger partial charge on any atom is -0.328 e. The van der Waals surface area contributed by atoms with Crippen LogP contribution in [-0.2, 0) is 30.4 Å². The number of Topliss-reactive ketones (excluding diaryl/α,β-unsaturated/α-hetero) is 1. The number of ketones is 1. The van der Waals surface area contributed by atoms with E-state index in [0.717, 1.165) is 5.56 Å². The Labute approximate surface area is 161 Å². The molecule has 148 valence electrons. The molecule has 0 aromatic heterocycles. The molecule has 0 unspecified atom stereocenters. The number of amides is 4. The van der Waals surface area contributed by atoms with Crippen LogP contribution in [0.5, 0.6) is 0 Å². The highest BCUT2D eigenvalue weighted by Crippen LogP contribution is 2.14. The predicted molar refractivity (Wildman–Crippen MR) is 95.5 cm³/mol. The predicted octanol–water partition coefficient (Wildman–Crippen LogP) is 0.579. The van der Waals surface area contributed by atoms with E-state index < -0.39 is 29.9 Å². The number of hydroxylamine groups is 2. The normalized spacial score (nSPS) is 18.2. The van der Waals surface area contributed by atoms with Crippen molar-refractivity contribution in [1.29, 1.82) is 0 Å². The minimum atomic E-state index is -1.09. The number of carbonyl (C=O) groups excluding carboxylic acids is 5. The van der Waals surface area contributed by atoms with Crippen LogP contribution in [0.2, 0.25) is 0 Å². The number of piperidine rings is 1. The average molecular weight is 387 g/mol. The smallest absolute Gasteiger partial charge is 0.328 e. The van der Waals surface area contributed by atoms with Crippen LogP contribution >= 0.6 is 0 Å². The highest BCUT2D eigenvalue weighted by Gasteiger charge is 2.36. The van der Waals surface area contributed by atoms with E-state index in [1.165, 1.54) is 4.90 Å². The first-order valence-corrected chi connectivity index (χ1v) is 9.12. The molecule has 1 atom stereocenters. The largest absolute Gasteiger partial charge is 0.355 e. The molecular weight excluding hydrogens is 366 g/mol. The van der Waals surface area contributed by atoms with Crippen molar-refractivity contribution in [3.05, 3.63) is 35.9 Å². The van der Waals surface area contributed by atoms with Crippen LogP contribution in [0.1, 0.15) is 31.2 Å². The third-order valence-corrected chi connectivity index (χ3v) is 4.66. The molecule has 2 aliphatic rings. The van der Waals surface area contributed by atoms with Crippen molar-refractivity contribution in [2.75, 3.05) is 13.1 Å². The summed E-state index contributed by atoms with van der Waals surface area (Å²) in [6.07, 6.45) is 0.664. The van der Waals surface area contributed by atoms with Gasteiger partial charge in [-0.05, 0) is 5.56 Å². The summed E-state index contributed by atoms with van der Waals surface area (Å²) in [4.78, 5) is 66.3. The molecule has 0 bridgehead atoms. The molecule has 1 aromatic rings. The zero-order chi connectivity index (χ0) is 20.1. The van der Waals surface area contributed by atoms with Crippen LogP contribution in [-0.4, -0.2) is 58.7 Å². The number of imide groups is 1. The van der Waals surface area contributed by atoms with Gasteiger partial charge >= 0.3 is 12.0 Å². The highest BCUT2D eigenvalue weighted by molar-refractivity contribution is 6.02. The van der Waals surface area contributed by atoms with E-state index in [4.69, 9.17) is 4.84 Å². The lowest BCUT2D eigenvalue weighted by atomic mass is 10.1. The van der Waals surface area contributed by atoms with Gasteiger partial charge in [-0.3, -0.25) is 14.4 Å². The van der Waals surface area contributed by atoms with E-state index in [0.29, 0.717) is 5.06 Å². The Kier molecular flexibility index (Phi) is 6.03. The number of rotatable bonds is 5. The first-order valence-electron chi connectivity index (χ1n) is 9.12. The van der Waals surface area contributed by atoms with Gasteiger partial charge in [-0.1, -0.05) is 30.3 Å². The van der Waals surface area contributed by atoms with Crippen LogP contribution in [0.15, 0.2) is 30.3 Å². The molecule has 2 saturated heterocycles. The topological polar surface area (TPSA) is 113 Å². The number of carbonyl (C=O) groups is 5. The number of benzene rings is 1. The lowest BCUT2D eigenvalue weighted by molar-refractivity contribution is -0.198. The Morgan fingerprint density at radius 1 is 0.964 bits per heavy atom. The molecule has 9 nitrogen and oxygen atoms in total. The lowest BCUT2D eigenvalue weighted by Gasteiger charge is -2.28. The Hall–Kier alpha value is -3.23. The summed E-state index contributed by atoms with van der Waals surface area (Å²) in [5.74, 6) is -1.97. The minimum absolute atomic E-state index is 0.0103. The lowest BCUT2D eigenvalue weighted by Crippen LogP contribution is -2.52. The van der Waals surface area contributed by atoms with Gasteiger partial charge in [0.15, 0.2) is 0 Å². The van der Waals surface area contributed by atoms with Gasteiger partial charge in [0, 0.05) is 45.2 Å². The van der Waals surface area contributed by atoms with E-state index in [9.17, 15) is 24.0 Å². The van der Waals surface area contributed by atoms with Crippen molar-refractivity contribution in [1.82, 2.24) is 15.3 Å². The van der Waals surface area contributed by atoms with Crippen molar-refractivity contribution >= 4 is 29.6 Å². The van der Waals surface area contributed by atoms with Gasteiger partial charge in [-0.25, -0.2) is 9.59 Å². The molecule has 0 radical (unpaired) electrons. The summed E-state index contributed by atoms with van der Waals surface area (Å²) >= 11 is 0. The summed E-state index contributed by atoms with van der Waals surface area (Å²) in [7, 11) is 0. The second-order valence-corrected chi connectivity index (χ2v) is 6.71. The van der Waals surface area contributed by atoms with Crippen molar-refractivity contribution in [2.45, 2.75) is 38.1 Å². The van der Waals surface area contributed by atoms with Gasteiger partial charge in [-0.15, -0.1) is 5.06 Å². The van der Waals surface area contributed by atoms with Crippen molar-refractivity contribution in [3.63, 3.8) is 0 Å². The fraction of sp³-hybridized carbons (Fsp3) is 0.421. The standard InChI is InChI=1S/C19H21N3O6/c23-14-8-10-21(11-9-14)19(27)20-15(12-13-4-2-1-3-5-13)18(26)28-22-16(24)6-7-17(22)25/h1-5,15H,6-12H2,(H,20,27)/t15-/m0/s1. The van der Waals surface area contributed by atoms with Gasteiger partial charge in [-0.2, -0.15) is 0 Å². The first kappa shape index (κ1) is 19.5. The van der Waals surface area contributed by atoms with Gasteiger partial charge in [0.25, 0.3) is 11.8 Å². The number of hydrogen-bond donors (Lipinski definition) is 1. The molecular formula is C19H21N3O6. The Bertz CT molecular complexity index is 768. The van der Waals surface area contributed by atoms with Crippen LogP contribution in [0, 0.1) is 0 Å². The maximum absolute atomic E-state index is 12.6. The third-order valence-electron chi connectivity index (χ3n) is 4.66. The molecule has 1 aromatic carbocycles. The molecule has 1 N–H and O–H groups in total. The van der Waals surface area contributed by atoms with Gasteiger partial charge in [0.05, 0.1) is 0 Å². The highest BCUT2D eigenvalue weighted by atomic mass is 16.7.